The van der Waals surface area contributed by atoms with Crippen LogP contribution in [-0.4, -0.2) is 31.8 Å². The predicted octanol–water partition coefficient (Wildman–Crippen LogP) is 3.79. The van der Waals surface area contributed by atoms with Gasteiger partial charge < -0.3 is 9.84 Å². The number of rotatable bonds is 5. The third-order valence-corrected chi connectivity index (χ3v) is 4.59. The smallest absolute Gasteiger partial charge is 0.356 e. The van der Waals surface area contributed by atoms with Gasteiger partial charge in [0.25, 0.3) is 0 Å². The molecule has 130 valence electrons. The van der Waals surface area contributed by atoms with Gasteiger partial charge in [-0.25, -0.2) is 14.3 Å². The summed E-state index contributed by atoms with van der Waals surface area (Å²) in [6, 6.07) is 3.50. The molecule has 0 radical (unpaired) electrons. The molecule has 0 aromatic carbocycles. The van der Waals surface area contributed by atoms with Crippen molar-refractivity contribution in [2.45, 2.75) is 71.0 Å². The van der Waals surface area contributed by atoms with Gasteiger partial charge in [0.15, 0.2) is 11.3 Å². The molecule has 2 aromatic heterocycles. The molecule has 0 aliphatic heterocycles. The molecule has 6 heteroatoms. The minimum atomic E-state index is -1.04. The highest BCUT2D eigenvalue weighted by Gasteiger charge is 2.17. The van der Waals surface area contributed by atoms with Crippen LogP contribution < -0.4 is 0 Å². The number of hydrogen-bond acceptors (Lipinski definition) is 4. The lowest BCUT2D eigenvalue weighted by atomic mass is 10.1. The molecule has 1 aliphatic rings. The van der Waals surface area contributed by atoms with Gasteiger partial charge in [0.05, 0.1) is 18.4 Å². The highest BCUT2D eigenvalue weighted by Crippen LogP contribution is 2.22. The van der Waals surface area contributed by atoms with E-state index in [1.165, 1.54) is 31.7 Å². The highest BCUT2D eigenvalue weighted by molar-refractivity contribution is 5.86. The van der Waals surface area contributed by atoms with E-state index in [1.807, 2.05) is 6.07 Å². The minimum absolute atomic E-state index is 0.0197. The molecule has 0 amide bonds. The monoisotopic (exact) mass is 331 g/mol. The van der Waals surface area contributed by atoms with Crippen molar-refractivity contribution in [1.29, 1.82) is 0 Å². The van der Waals surface area contributed by atoms with Gasteiger partial charge >= 0.3 is 5.97 Å². The van der Waals surface area contributed by atoms with E-state index in [2.05, 4.69) is 23.9 Å². The molecular formula is C18H25N3O3. The first-order chi connectivity index (χ1) is 11.5. The maximum Gasteiger partial charge on any atom is 0.356 e. The van der Waals surface area contributed by atoms with E-state index in [1.54, 1.807) is 4.52 Å². The number of carboxylic acid groups (broad SMARTS) is 1. The van der Waals surface area contributed by atoms with Crippen LogP contribution in [0, 0.1) is 0 Å². The number of fused-ring (bicyclic) bond motifs is 1. The highest BCUT2D eigenvalue weighted by atomic mass is 16.5. The van der Waals surface area contributed by atoms with Crippen LogP contribution in [0.3, 0.4) is 0 Å². The predicted molar refractivity (Wildman–Crippen MR) is 90.3 cm³/mol. The normalized spacial score (nSPS) is 16.6. The first kappa shape index (κ1) is 16.9. The van der Waals surface area contributed by atoms with Crippen molar-refractivity contribution in [3.8, 4) is 0 Å². The molecule has 24 heavy (non-hydrogen) atoms. The largest absolute Gasteiger partial charge is 0.476 e. The molecule has 3 rings (SSSR count). The number of nitrogens with zero attached hydrogens (tertiary/aromatic N) is 3. The molecular weight excluding hydrogens is 306 g/mol. The number of aromatic carboxylic acids is 1. The molecule has 2 heterocycles. The Labute approximate surface area is 141 Å². The van der Waals surface area contributed by atoms with Gasteiger partial charge in [0.1, 0.15) is 0 Å². The maximum atomic E-state index is 11.2. The Morgan fingerprint density at radius 3 is 2.62 bits per heavy atom. The van der Waals surface area contributed by atoms with E-state index in [0.29, 0.717) is 18.4 Å². The number of carbonyl (C=O) groups is 1. The van der Waals surface area contributed by atoms with Crippen molar-refractivity contribution in [3.05, 3.63) is 29.2 Å². The Morgan fingerprint density at radius 2 is 2.00 bits per heavy atom. The van der Waals surface area contributed by atoms with Crippen molar-refractivity contribution < 1.29 is 14.6 Å². The Kier molecular flexibility index (Phi) is 5.14. The summed E-state index contributed by atoms with van der Waals surface area (Å²) in [5.41, 5.74) is 2.38. The summed E-state index contributed by atoms with van der Waals surface area (Å²) in [5.74, 6) is -0.819. The van der Waals surface area contributed by atoms with Crippen molar-refractivity contribution in [2.75, 3.05) is 0 Å². The summed E-state index contributed by atoms with van der Waals surface area (Å²) in [4.78, 5) is 15.7. The third kappa shape index (κ3) is 3.75. The lowest BCUT2D eigenvalue weighted by molar-refractivity contribution is 0.0292. The van der Waals surface area contributed by atoms with Gasteiger partial charge in [0, 0.05) is 11.8 Å². The van der Waals surface area contributed by atoms with Gasteiger partial charge in [-0.05, 0) is 24.8 Å². The Morgan fingerprint density at radius 1 is 1.29 bits per heavy atom. The first-order valence-electron chi connectivity index (χ1n) is 8.79. The van der Waals surface area contributed by atoms with Crippen LogP contribution in [0.2, 0.25) is 0 Å². The van der Waals surface area contributed by atoms with Crippen molar-refractivity contribution in [2.24, 2.45) is 0 Å². The number of ether oxygens (including phenoxy) is 1. The summed E-state index contributed by atoms with van der Waals surface area (Å²) in [7, 11) is 0. The standard InChI is InChI=1S/C18H25N3O3/c1-12(2)16-9-13(11-24-14-7-5-3-4-6-8-14)19-17-10-15(18(22)23)20-21(16)17/h9-10,12,14H,3-8,11H2,1-2H3,(H,22,23). The van der Waals surface area contributed by atoms with E-state index >= 15 is 0 Å². The second-order valence-electron chi connectivity index (χ2n) is 6.86. The van der Waals surface area contributed by atoms with Crippen LogP contribution in [0.15, 0.2) is 12.1 Å². The fraction of sp³-hybridized carbons (Fsp3) is 0.611. The van der Waals surface area contributed by atoms with E-state index in [-0.39, 0.29) is 11.6 Å². The first-order valence-corrected chi connectivity index (χ1v) is 8.79. The van der Waals surface area contributed by atoms with Crippen LogP contribution in [-0.2, 0) is 11.3 Å². The lowest BCUT2D eigenvalue weighted by Crippen LogP contribution is -2.13. The fourth-order valence-electron chi connectivity index (χ4n) is 3.25. The molecule has 0 saturated heterocycles. The Hall–Kier alpha value is -1.95. The van der Waals surface area contributed by atoms with E-state index < -0.39 is 5.97 Å². The SMILES string of the molecule is CC(C)c1cc(COC2CCCCCC2)nc2cc(C(=O)O)nn12. The summed E-state index contributed by atoms with van der Waals surface area (Å²) >= 11 is 0. The molecule has 1 fully saturated rings. The molecule has 2 aromatic rings. The van der Waals surface area contributed by atoms with E-state index in [9.17, 15) is 4.79 Å². The average molecular weight is 331 g/mol. The molecule has 0 spiro atoms. The fourth-order valence-corrected chi connectivity index (χ4v) is 3.25. The molecule has 0 unspecified atom stereocenters. The van der Waals surface area contributed by atoms with Gasteiger partial charge in [-0.2, -0.15) is 5.10 Å². The molecule has 0 atom stereocenters. The van der Waals surface area contributed by atoms with Crippen LogP contribution in [0.1, 0.15) is 80.2 Å². The topological polar surface area (TPSA) is 76.7 Å². The van der Waals surface area contributed by atoms with E-state index in [0.717, 1.165) is 24.2 Å². The van der Waals surface area contributed by atoms with Crippen LogP contribution in [0.25, 0.3) is 5.65 Å². The summed E-state index contributed by atoms with van der Waals surface area (Å²) in [6.07, 6.45) is 7.62. The van der Waals surface area contributed by atoms with E-state index in [4.69, 9.17) is 9.84 Å². The van der Waals surface area contributed by atoms with Crippen molar-refractivity contribution >= 4 is 11.6 Å². The Balaban J connectivity index is 1.83. The number of aromatic nitrogens is 3. The second-order valence-corrected chi connectivity index (χ2v) is 6.86. The zero-order chi connectivity index (χ0) is 17.1. The summed E-state index contributed by atoms with van der Waals surface area (Å²) in [6.45, 7) is 4.59. The molecule has 6 nitrogen and oxygen atoms in total. The molecule has 0 bridgehead atoms. The van der Waals surface area contributed by atoms with Gasteiger partial charge in [-0.3, -0.25) is 0 Å². The Bertz CT molecular complexity index is 716. The van der Waals surface area contributed by atoms with Crippen LogP contribution in [0.5, 0.6) is 0 Å². The van der Waals surface area contributed by atoms with Crippen LogP contribution in [0.4, 0.5) is 0 Å². The van der Waals surface area contributed by atoms with Gasteiger partial charge in [-0.15, -0.1) is 0 Å². The number of carboxylic acids is 1. The van der Waals surface area contributed by atoms with Crippen molar-refractivity contribution in [3.63, 3.8) is 0 Å². The molecule has 1 saturated carbocycles. The van der Waals surface area contributed by atoms with Crippen LogP contribution >= 0.6 is 0 Å². The zero-order valence-electron chi connectivity index (χ0n) is 14.4. The van der Waals surface area contributed by atoms with Crippen molar-refractivity contribution in [1.82, 2.24) is 14.6 Å². The number of hydrogen-bond donors (Lipinski definition) is 1. The quantitative estimate of drug-likeness (QED) is 0.844. The lowest BCUT2D eigenvalue weighted by Gasteiger charge is -2.16. The minimum Gasteiger partial charge on any atom is -0.476 e. The third-order valence-electron chi connectivity index (χ3n) is 4.59. The molecule has 1 N–H and O–H groups in total. The molecule has 1 aliphatic carbocycles. The summed E-state index contributed by atoms with van der Waals surface area (Å²) < 4.78 is 7.71. The van der Waals surface area contributed by atoms with Gasteiger partial charge in [0.2, 0.25) is 0 Å². The summed E-state index contributed by atoms with van der Waals surface area (Å²) in [5, 5.41) is 13.3. The average Bonchev–Trinajstić information content (AvgIpc) is 2.80. The second kappa shape index (κ2) is 7.30. The van der Waals surface area contributed by atoms with Gasteiger partial charge in [-0.1, -0.05) is 39.5 Å². The maximum absolute atomic E-state index is 11.2. The zero-order valence-corrected chi connectivity index (χ0v) is 14.4.